The van der Waals surface area contributed by atoms with Crippen molar-refractivity contribution in [3.63, 3.8) is 0 Å². The van der Waals surface area contributed by atoms with Gasteiger partial charge < -0.3 is 15.0 Å². The van der Waals surface area contributed by atoms with Crippen LogP contribution in [0.3, 0.4) is 0 Å². The van der Waals surface area contributed by atoms with Gasteiger partial charge in [0.05, 0.1) is 30.0 Å². The van der Waals surface area contributed by atoms with Crippen molar-refractivity contribution in [2.24, 2.45) is 0 Å². The Bertz CT molecular complexity index is 737. The van der Waals surface area contributed by atoms with E-state index in [2.05, 4.69) is 11.4 Å². The van der Waals surface area contributed by atoms with E-state index in [1.165, 1.54) is 0 Å². The van der Waals surface area contributed by atoms with Gasteiger partial charge in [0, 0.05) is 0 Å². The summed E-state index contributed by atoms with van der Waals surface area (Å²) in [5.74, 6) is 0.637. The van der Waals surface area contributed by atoms with Crippen LogP contribution in [0.2, 0.25) is 0 Å². The summed E-state index contributed by atoms with van der Waals surface area (Å²) in [6, 6.07) is 16.7. The summed E-state index contributed by atoms with van der Waals surface area (Å²) in [7, 11) is 0. The first-order chi connectivity index (χ1) is 10.8. The van der Waals surface area contributed by atoms with E-state index in [1.54, 1.807) is 24.3 Å². The number of nitrogens with one attached hydrogen (secondary N) is 1. The third-order valence-corrected chi connectivity index (χ3v) is 3.48. The molecule has 0 aromatic heterocycles. The van der Waals surface area contributed by atoms with E-state index in [9.17, 15) is 4.79 Å². The molecule has 1 aliphatic rings. The minimum absolute atomic E-state index is 0.153. The normalized spacial score (nSPS) is 12.8. The van der Waals surface area contributed by atoms with E-state index < -0.39 is 0 Å². The van der Waals surface area contributed by atoms with Crippen LogP contribution in [0.1, 0.15) is 5.56 Å². The van der Waals surface area contributed by atoms with Crippen molar-refractivity contribution in [1.82, 2.24) is 0 Å². The zero-order chi connectivity index (χ0) is 15.4. The standard InChI is InChI=1S/C17H15N3O2/c18-11-13-5-1-2-6-14(13)19-17(21)12-20-9-10-22-16-8-4-3-7-15(16)20/h1-8H,9-10,12H2,(H,19,21). The van der Waals surface area contributed by atoms with Gasteiger partial charge in [0.2, 0.25) is 5.91 Å². The monoisotopic (exact) mass is 293 g/mol. The summed E-state index contributed by atoms with van der Waals surface area (Å²) < 4.78 is 5.57. The highest BCUT2D eigenvalue weighted by Crippen LogP contribution is 2.30. The average molecular weight is 293 g/mol. The molecule has 2 aromatic carbocycles. The van der Waals surface area contributed by atoms with Crippen molar-refractivity contribution in [3.8, 4) is 11.8 Å². The van der Waals surface area contributed by atoms with Crippen molar-refractivity contribution in [1.29, 1.82) is 5.26 Å². The zero-order valence-electron chi connectivity index (χ0n) is 12.0. The Morgan fingerprint density at radius 2 is 2.00 bits per heavy atom. The van der Waals surface area contributed by atoms with E-state index >= 15 is 0 Å². The molecule has 0 aliphatic carbocycles. The molecule has 0 spiro atoms. The zero-order valence-corrected chi connectivity index (χ0v) is 12.0. The van der Waals surface area contributed by atoms with Crippen molar-refractivity contribution in [3.05, 3.63) is 54.1 Å². The molecule has 1 amide bonds. The van der Waals surface area contributed by atoms with Gasteiger partial charge in [-0.25, -0.2) is 0 Å². The van der Waals surface area contributed by atoms with Gasteiger partial charge in [-0.05, 0) is 24.3 Å². The Hall–Kier alpha value is -3.00. The second kappa shape index (κ2) is 6.19. The van der Waals surface area contributed by atoms with Crippen LogP contribution in [0.5, 0.6) is 5.75 Å². The van der Waals surface area contributed by atoms with Crippen molar-refractivity contribution < 1.29 is 9.53 Å². The molecule has 22 heavy (non-hydrogen) atoms. The summed E-state index contributed by atoms with van der Waals surface area (Å²) >= 11 is 0. The fraction of sp³-hybridized carbons (Fsp3) is 0.176. The Kier molecular flexibility index (Phi) is 3.92. The molecule has 5 nitrogen and oxygen atoms in total. The molecule has 1 heterocycles. The predicted octanol–water partition coefficient (Wildman–Crippen LogP) is 2.40. The Morgan fingerprint density at radius 3 is 2.86 bits per heavy atom. The van der Waals surface area contributed by atoms with Crippen LogP contribution < -0.4 is 15.0 Å². The van der Waals surface area contributed by atoms with Crippen LogP contribution in [0, 0.1) is 11.3 Å². The summed E-state index contributed by atoms with van der Waals surface area (Å²) in [5.41, 5.74) is 1.91. The highest BCUT2D eigenvalue weighted by atomic mass is 16.5. The van der Waals surface area contributed by atoms with Gasteiger partial charge in [-0.2, -0.15) is 5.26 Å². The molecular weight excluding hydrogens is 278 g/mol. The van der Waals surface area contributed by atoms with Crippen LogP contribution in [0.4, 0.5) is 11.4 Å². The molecule has 1 N–H and O–H groups in total. The second-order valence-electron chi connectivity index (χ2n) is 4.94. The Balaban J connectivity index is 1.72. The number of amides is 1. The van der Waals surface area contributed by atoms with Gasteiger partial charge in [0.15, 0.2) is 0 Å². The average Bonchev–Trinajstić information content (AvgIpc) is 2.55. The number of ether oxygens (including phenoxy) is 1. The lowest BCUT2D eigenvalue weighted by Crippen LogP contribution is -2.38. The Labute approximate surface area is 128 Å². The van der Waals surface area contributed by atoms with E-state index in [0.29, 0.717) is 24.4 Å². The number of para-hydroxylation sites is 3. The molecule has 0 bridgehead atoms. The quantitative estimate of drug-likeness (QED) is 0.943. The smallest absolute Gasteiger partial charge is 0.243 e. The number of nitriles is 1. The minimum atomic E-state index is -0.153. The van der Waals surface area contributed by atoms with Crippen LogP contribution in [-0.4, -0.2) is 25.6 Å². The highest BCUT2D eigenvalue weighted by molar-refractivity contribution is 5.95. The lowest BCUT2D eigenvalue weighted by Gasteiger charge is -2.30. The van der Waals surface area contributed by atoms with Gasteiger partial charge >= 0.3 is 0 Å². The summed E-state index contributed by atoms with van der Waals surface area (Å²) in [6.07, 6.45) is 0. The molecule has 0 unspecified atom stereocenters. The summed E-state index contributed by atoms with van der Waals surface area (Å²) in [5, 5.41) is 11.9. The molecular formula is C17H15N3O2. The molecule has 0 fully saturated rings. The number of hydrogen-bond acceptors (Lipinski definition) is 4. The van der Waals surface area contributed by atoms with Crippen molar-refractivity contribution in [2.45, 2.75) is 0 Å². The van der Waals surface area contributed by atoms with Crippen molar-refractivity contribution in [2.75, 3.05) is 29.9 Å². The van der Waals surface area contributed by atoms with Crippen LogP contribution in [0.15, 0.2) is 48.5 Å². The number of carbonyl (C=O) groups is 1. The van der Waals surface area contributed by atoms with Gasteiger partial charge in [0.25, 0.3) is 0 Å². The maximum absolute atomic E-state index is 12.3. The molecule has 3 rings (SSSR count). The Morgan fingerprint density at radius 1 is 1.23 bits per heavy atom. The third-order valence-electron chi connectivity index (χ3n) is 3.48. The lowest BCUT2D eigenvalue weighted by atomic mass is 10.2. The number of fused-ring (bicyclic) bond motifs is 1. The maximum Gasteiger partial charge on any atom is 0.243 e. The maximum atomic E-state index is 12.3. The van der Waals surface area contributed by atoms with Crippen LogP contribution in [-0.2, 0) is 4.79 Å². The van der Waals surface area contributed by atoms with Crippen LogP contribution in [0.25, 0.3) is 0 Å². The summed E-state index contributed by atoms with van der Waals surface area (Å²) in [4.78, 5) is 14.2. The number of anilines is 2. The topological polar surface area (TPSA) is 65.4 Å². The molecule has 1 aliphatic heterocycles. The molecule has 110 valence electrons. The number of benzene rings is 2. The SMILES string of the molecule is N#Cc1ccccc1NC(=O)CN1CCOc2ccccc21. The summed E-state index contributed by atoms with van der Waals surface area (Å²) in [6.45, 7) is 1.43. The van der Waals surface area contributed by atoms with Gasteiger partial charge in [-0.3, -0.25) is 4.79 Å². The van der Waals surface area contributed by atoms with Crippen LogP contribution >= 0.6 is 0 Å². The van der Waals surface area contributed by atoms with Gasteiger partial charge in [0.1, 0.15) is 18.4 Å². The number of carbonyl (C=O) groups excluding carboxylic acids is 1. The third kappa shape index (κ3) is 2.86. The first kappa shape index (κ1) is 14.0. The molecule has 0 radical (unpaired) electrons. The van der Waals surface area contributed by atoms with Gasteiger partial charge in [-0.15, -0.1) is 0 Å². The first-order valence-electron chi connectivity index (χ1n) is 7.03. The number of rotatable bonds is 3. The van der Waals surface area contributed by atoms with Gasteiger partial charge in [-0.1, -0.05) is 24.3 Å². The second-order valence-corrected chi connectivity index (χ2v) is 4.94. The van der Waals surface area contributed by atoms with E-state index in [0.717, 1.165) is 11.4 Å². The molecule has 5 heteroatoms. The fourth-order valence-electron chi connectivity index (χ4n) is 2.44. The minimum Gasteiger partial charge on any atom is -0.490 e. The highest BCUT2D eigenvalue weighted by Gasteiger charge is 2.20. The predicted molar refractivity (Wildman–Crippen MR) is 83.9 cm³/mol. The fourth-order valence-corrected chi connectivity index (χ4v) is 2.44. The molecule has 0 saturated carbocycles. The molecule has 2 aromatic rings. The molecule has 0 atom stereocenters. The number of nitrogens with zero attached hydrogens (tertiary/aromatic N) is 2. The largest absolute Gasteiger partial charge is 0.490 e. The van der Waals surface area contributed by atoms with E-state index in [1.807, 2.05) is 29.2 Å². The molecule has 0 saturated heterocycles. The van der Waals surface area contributed by atoms with E-state index in [-0.39, 0.29) is 12.5 Å². The van der Waals surface area contributed by atoms with Crippen molar-refractivity contribution >= 4 is 17.3 Å². The van der Waals surface area contributed by atoms with E-state index in [4.69, 9.17) is 10.00 Å². The first-order valence-corrected chi connectivity index (χ1v) is 7.03. The number of hydrogen-bond donors (Lipinski definition) is 1. The lowest BCUT2D eigenvalue weighted by molar-refractivity contribution is -0.115.